The number of hydrogen-bond acceptors (Lipinski definition) is 4. The molecule has 0 unspecified atom stereocenters. The molecule has 20 heavy (non-hydrogen) atoms. The summed E-state index contributed by atoms with van der Waals surface area (Å²) >= 11 is 6.06. The van der Waals surface area contributed by atoms with Crippen LogP contribution in [0.15, 0.2) is 47.7 Å². The summed E-state index contributed by atoms with van der Waals surface area (Å²) in [5, 5.41) is 10.1. The summed E-state index contributed by atoms with van der Waals surface area (Å²) in [6.07, 6.45) is 1.75. The number of aromatic nitrogens is 1. The number of benzene rings is 1. The Balaban J connectivity index is 2.33. The average Bonchev–Trinajstić information content (AvgIpc) is 2.48. The van der Waals surface area contributed by atoms with Gasteiger partial charge in [0.2, 0.25) is 0 Å². The zero-order valence-corrected chi connectivity index (χ0v) is 12.5. The number of anilines is 2. The van der Waals surface area contributed by atoms with Gasteiger partial charge >= 0.3 is 0 Å². The molecule has 2 aromatic rings. The Morgan fingerprint density at radius 3 is 2.75 bits per heavy atom. The summed E-state index contributed by atoms with van der Waals surface area (Å²) in [5.74, 6) is 0.792. The van der Waals surface area contributed by atoms with Gasteiger partial charge in [-0.2, -0.15) is 5.10 Å². The smallest absolute Gasteiger partial charge is 0.148 e. The third-order valence-corrected chi connectivity index (χ3v) is 3.16. The third-order valence-electron chi connectivity index (χ3n) is 2.92. The van der Waals surface area contributed by atoms with Crippen molar-refractivity contribution in [3.05, 3.63) is 53.2 Å². The van der Waals surface area contributed by atoms with E-state index in [-0.39, 0.29) is 0 Å². The quantitative estimate of drug-likeness (QED) is 0.690. The van der Waals surface area contributed by atoms with Crippen molar-refractivity contribution in [3.8, 4) is 0 Å². The number of hydrogen-bond donors (Lipinski definition) is 1. The fourth-order valence-corrected chi connectivity index (χ4v) is 2.08. The highest BCUT2D eigenvalue weighted by atomic mass is 35.5. The van der Waals surface area contributed by atoms with Crippen LogP contribution in [0.3, 0.4) is 0 Å². The molecular weight excluding hydrogens is 272 g/mol. The lowest BCUT2D eigenvalue weighted by Gasteiger charge is -2.15. The maximum atomic E-state index is 6.06. The zero-order chi connectivity index (χ0) is 14.5. The molecule has 0 spiro atoms. The Kier molecular flexibility index (Phi) is 4.58. The van der Waals surface area contributed by atoms with E-state index in [0.29, 0.717) is 5.02 Å². The molecule has 1 heterocycles. The average molecular weight is 289 g/mol. The molecule has 0 radical (unpaired) electrons. The van der Waals surface area contributed by atoms with E-state index < -0.39 is 0 Å². The summed E-state index contributed by atoms with van der Waals surface area (Å²) in [6, 6.07) is 11.4. The molecule has 0 fully saturated rings. The standard InChI is InChI=1S/C15H17ClN4/c1-11(13-10-12(16)7-8-14(13)17-2)19-20(3)15-6-4-5-9-18-15/h4-10,17H,1-3H3/b19-11+. The first-order valence-electron chi connectivity index (χ1n) is 6.29. The van der Waals surface area contributed by atoms with Gasteiger partial charge in [-0.15, -0.1) is 0 Å². The first-order valence-corrected chi connectivity index (χ1v) is 6.67. The molecule has 4 nitrogen and oxygen atoms in total. The first-order chi connectivity index (χ1) is 9.61. The Morgan fingerprint density at radius 2 is 2.10 bits per heavy atom. The number of rotatable bonds is 4. The van der Waals surface area contributed by atoms with Crippen molar-refractivity contribution in [1.29, 1.82) is 0 Å². The molecule has 0 aliphatic rings. The van der Waals surface area contributed by atoms with Gasteiger partial charge in [-0.25, -0.2) is 4.98 Å². The predicted molar refractivity (Wildman–Crippen MR) is 85.8 cm³/mol. The molecular formula is C15H17ClN4. The topological polar surface area (TPSA) is 40.5 Å². The van der Waals surface area contributed by atoms with Crippen LogP contribution in [0, 0.1) is 0 Å². The molecule has 2 rings (SSSR count). The van der Waals surface area contributed by atoms with Crippen LogP contribution in [0.2, 0.25) is 5.02 Å². The van der Waals surface area contributed by atoms with Crippen LogP contribution in [-0.2, 0) is 0 Å². The van der Waals surface area contributed by atoms with Gasteiger partial charge < -0.3 is 5.32 Å². The van der Waals surface area contributed by atoms with E-state index in [9.17, 15) is 0 Å². The lowest BCUT2D eigenvalue weighted by molar-refractivity contribution is 0.975. The molecule has 1 aromatic heterocycles. The van der Waals surface area contributed by atoms with Crippen LogP contribution < -0.4 is 10.3 Å². The van der Waals surface area contributed by atoms with Gasteiger partial charge in [-0.3, -0.25) is 5.01 Å². The molecule has 0 saturated carbocycles. The maximum Gasteiger partial charge on any atom is 0.148 e. The summed E-state index contributed by atoms with van der Waals surface area (Å²) in [5.41, 5.74) is 2.83. The van der Waals surface area contributed by atoms with Crippen molar-refractivity contribution in [3.63, 3.8) is 0 Å². The lowest BCUT2D eigenvalue weighted by Crippen LogP contribution is -2.14. The summed E-state index contributed by atoms with van der Waals surface area (Å²) in [7, 11) is 3.75. The second kappa shape index (κ2) is 6.39. The van der Waals surface area contributed by atoms with E-state index >= 15 is 0 Å². The van der Waals surface area contributed by atoms with Crippen LogP contribution in [0.4, 0.5) is 11.5 Å². The van der Waals surface area contributed by atoms with Crippen molar-refractivity contribution in [1.82, 2.24) is 4.98 Å². The van der Waals surface area contributed by atoms with Gasteiger partial charge in [-0.1, -0.05) is 17.7 Å². The van der Waals surface area contributed by atoms with E-state index in [2.05, 4.69) is 15.4 Å². The minimum absolute atomic E-state index is 0.689. The Hall–Kier alpha value is -2.07. The minimum atomic E-state index is 0.689. The monoisotopic (exact) mass is 288 g/mol. The highest BCUT2D eigenvalue weighted by molar-refractivity contribution is 6.31. The third kappa shape index (κ3) is 3.27. The molecule has 1 N–H and O–H groups in total. The lowest BCUT2D eigenvalue weighted by atomic mass is 10.1. The van der Waals surface area contributed by atoms with Crippen LogP contribution in [0.1, 0.15) is 12.5 Å². The van der Waals surface area contributed by atoms with Gasteiger partial charge in [0.05, 0.1) is 5.71 Å². The number of nitrogens with one attached hydrogen (secondary N) is 1. The largest absolute Gasteiger partial charge is 0.388 e. The van der Waals surface area contributed by atoms with Crippen LogP contribution in [0.5, 0.6) is 0 Å². The van der Waals surface area contributed by atoms with E-state index in [0.717, 1.165) is 22.8 Å². The van der Waals surface area contributed by atoms with Crippen molar-refractivity contribution in [2.75, 3.05) is 24.4 Å². The van der Waals surface area contributed by atoms with Gasteiger partial charge in [0.15, 0.2) is 0 Å². The Bertz CT molecular complexity index is 611. The van der Waals surface area contributed by atoms with Crippen LogP contribution in [0.25, 0.3) is 0 Å². The molecule has 104 valence electrons. The highest BCUT2D eigenvalue weighted by Gasteiger charge is 2.07. The van der Waals surface area contributed by atoms with E-state index in [4.69, 9.17) is 11.6 Å². The van der Waals surface area contributed by atoms with E-state index in [1.165, 1.54) is 0 Å². The van der Waals surface area contributed by atoms with Crippen molar-refractivity contribution in [2.45, 2.75) is 6.92 Å². The zero-order valence-electron chi connectivity index (χ0n) is 11.8. The number of pyridine rings is 1. The molecule has 0 saturated heterocycles. The Labute approximate surface area is 124 Å². The molecule has 1 aromatic carbocycles. The molecule has 0 aliphatic carbocycles. The van der Waals surface area contributed by atoms with Crippen LogP contribution >= 0.6 is 11.6 Å². The van der Waals surface area contributed by atoms with Crippen molar-refractivity contribution < 1.29 is 0 Å². The van der Waals surface area contributed by atoms with Gasteiger partial charge in [0.1, 0.15) is 5.82 Å². The normalized spacial score (nSPS) is 11.3. The van der Waals surface area contributed by atoms with Gasteiger partial charge in [-0.05, 0) is 37.3 Å². The number of hydrazone groups is 1. The summed E-state index contributed by atoms with van der Waals surface area (Å²) in [4.78, 5) is 4.26. The Morgan fingerprint density at radius 1 is 1.30 bits per heavy atom. The molecule has 0 aliphatic heterocycles. The van der Waals surface area contributed by atoms with E-state index in [1.807, 2.05) is 57.4 Å². The highest BCUT2D eigenvalue weighted by Crippen LogP contribution is 2.21. The predicted octanol–water partition coefficient (Wildman–Crippen LogP) is 3.64. The summed E-state index contributed by atoms with van der Waals surface area (Å²) in [6.45, 7) is 1.95. The molecule has 5 heteroatoms. The molecule has 0 atom stereocenters. The van der Waals surface area contributed by atoms with Crippen LogP contribution in [-0.4, -0.2) is 24.8 Å². The molecule has 0 amide bonds. The van der Waals surface area contributed by atoms with Gasteiger partial charge in [0.25, 0.3) is 0 Å². The molecule has 0 bridgehead atoms. The van der Waals surface area contributed by atoms with E-state index in [1.54, 1.807) is 11.2 Å². The SMILES string of the molecule is CNc1ccc(Cl)cc1/C(C)=N/N(C)c1ccccn1. The van der Waals surface area contributed by atoms with Gasteiger partial charge in [0, 0.05) is 36.6 Å². The summed E-state index contributed by atoms with van der Waals surface area (Å²) < 4.78 is 0. The second-order valence-corrected chi connectivity index (χ2v) is 4.77. The maximum absolute atomic E-state index is 6.06. The van der Waals surface area contributed by atoms with Crippen molar-refractivity contribution in [2.24, 2.45) is 5.10 Å². The second-order valence-electron chi connectivity index (χ2n) is 4.34. The number of halogens is 1. The minimum Gasteiger partial charge on any atom is -0.388 e. The first kappa shape index (κ1) is 14.3. The fourth-order valence-electron chi connectivity index (χ4n) is 1.91. The van der Waals surface area contributed by atoms with Crippen molar-refractivity contribution >= 4 is 28.8 Å². The number of nitrogens with zero attached hydrogens (tertiary/aromatic N) is 3. The fraction of sp³-hybridized carbons (Fsp3) is 0.200.